The molecule has 3 N–H and O–H groups in total. The molecule has 116 valence electrons. The number of sulfone groups is 1. The molecular weight excluding hydrogens is 385 g/mol. The van der Waals surface area contributed by atoms with Crippen LogP contribution >= 0.6 is 0 Å². The Kier molecular flexibility index (Phi) is 7.19. The molecule has 1 aromatic rings. The van der Waals surface area contributed by atoms with Crippen LogP contribution in [0.15, 0.2) is 12.1 Å². The molecule has 0 unspecified atom stereocenters. The summed E-state index contributed by atoms with van der Waals surface area (Å²) in [5.41, 5.74) is 0.242. The zero-order valence-corrected chi connectivity index (χ0v) is 16.4. The second-order valence-electron chi connectivity index (χ2n) is 5.06. The van der Waals surface area contributed by atoms with Crippen LogP contribution in [0.4, 0.5) is 11.4 Å². The Morgan fingerprint density at radius 3 is 2.23 bits per heavy atom. The molecule has 9 heteroatoms. The molecular formula is C13H17N2O5SY+2. The summed E-state index contributed by atoms with van der Waals surface area (Å²) in [5, 5.41) is 14.5. The topological polar surface area (TPSA) is 113 Å². The van der Waals surface area contributed by atoms with Gasteiger partial charge >= 0.3 is 32.7 Å². The maximum atomic E-state index is 12.0. The minimum atomic E-state index is -3.60. The zero-order valence-electron chi connectivity index (χ0n) is 12.7. The van der Waals surface area contributed by atoms with Gasteiger partial charge in [-0.15, -0.1) is 12.1 Å². The molecule has 0 aromatic heterocycles. The van der Waals surface area contributed by atoms with Gasteiger partial charge in [0.25, 0.3) is 0 Å². The average molecular weight is 402 g/mol. The summed E-state index contributed by atoms with van der Waals surface area (Å²) in [6.45, 7) is 3.84. The molecule has 0 bridgehead atoms. The van der Waals surface area contributed by atoms with Gasteiger partial charge in [0.15, 0.2) is 9.84 Å². The van der Waals surface area contributed by atoms with Crippen LogP contribution in [0.3, 0.4) is 0 Å². The summed E-state index contributed by atoms with van der Waals surface area (Å²) in [6.07, 6.45) is 0.966. The first-order chi connectivity index (χ1) is 9.45. The van der Waals surface area contributed by atoms with Crippen molar-refractivity contribution >= 4 is 33.0 Å². The molecule has 0 aliphatic rings. The van der Waals surface area contributed by atoms with E-state index in [0.29, 0.717) is 0 Å². The van der Waals surface area contributed by atoms with Crippen LogP contribution < -0.4 is 10.6 Å². The van der Waals surface area contributed by atoms with Gasteiger partial charge < -0.3 is 15.7 Å². The molecule has 0 aliphatic carbocycles. The van der Waals surface area contributed by atoms with Crippen LogP contribution in [0.2, 0.25) is 0 Å². The van der Waals surface area contributed by atoms with Gasteiger partial charge in [-0.1, -0.05) is 5.69 Å². The molecule has 0 atom stereocenters. The zero-order chi connectivity index (χ0) is 16.4. The van der Waals surface area contributed by atoms with E-state index in [1.54, 1.807) is 0 Å². The van der Waals surface area contributed by atoms with Crippen molar-refractivity contribution < 1.29 is 55.8 Å². The molecule has 0 fully saturated rings. The van der Waals surface area contributed by atoms with Crippen molar-refractivity contribution in [2.45, 2.75) is 25.5 Å². The van der Waals surface area contributed by atoms with Gasteiger partial charge in [-0.3, -0.25) is 9.59 Å². The molecule has 0 saturated carbocycles. The maximum absolute atomic E-state index is 12.0. The molecule has 7 nitrogen and oxygen atoms in total. The van der Waals surface area contributed by atoms with Crippen LogP contribution in [-0.4, -0.2) is 36.3 Å². The fourth-order valence-electron chi connectivity index (χ4n) is 1.28. The Morgan fingerprint density at radius 2 is 1.82 bits per heavy atom. The van der Waals surface area contributed by atoms with Gasteiger partial charge in [0, 0.05) is 18.9 Å². The standard InChI is InChI=1S/C13H17N2O5S.Y/c1-8(16)14-10-6-5-9(7-11(10)17)15-12(18)13(2,3)21(4,19)20;/h6-7,17H,1-4H3,(H,14,16)(H,15,18);/q-1;+3. The van der Waals surface area contributed by atoms with E-state index < -0.39 is 20.5 Å². The molecule has 0 aliphatic heterocycles. The predicted octanol–water partition coefficient (Wildman–Crippen LogP) is 0.910. The third kappa shape index (κ3) is 5.03. The molecule has 2 amide bonds. The minimum Gasteiger partial charge on any atom is -0.531 e. The Labute approximate surface area is 154 Å². The smallest absolute Gasteiger partial charge is 0.531 e. The summed E-state index contributed by atoms with van der Waals surface area (Å²) < 4.78 is 21.5. The molecule has 0 saturated heterocycles. The number of phenols is 1. The number of phenolic OH excluding ortho intramolecular Hbond substituents is 1. The fourth-order valence-corrected chi connectivity index (χ4v) is 1.67. The average Bonchev–Trinajstić information content (AvgIpc) is 2.30. The number of hydrogen-bond donors (Lipinski definition) is 3. The van der Waals surface area contributed by atoms with Gasteiger partial charge in [-0.25, -0.2) is 8.42 Å². The van der Waals surface area contributed by atoms with E-state index in [9.17, 15) is 23.1 Å². The number of nitrogens with one attached hydrogen (secondary N) is 2. The van der Waals surface area contributed by atoms with Gasteiger partial charge in [-0.2, -0.15) is 6.07 Å². The van der Waals surface area contributed by atoms with Crippen LogP contribution in [0.1, 0.15) is 20.8 Å². The summed E-state index contributed by atoms with van der Waals surface area (Å²) in [7, 11) is -3.60. The van der Waals surface area contributed by atoms with Crippen molar-refractivity contribution in [2.24, 2.45) is 0 Å². The van der Waals surface area contributed by atoms with E-state index in [0.717, 1.165) is 6.26 Å². The summed E-state index contributed by atoms with van der Waals surface area (Å²) in [5.74, 6) is -1.38. The van der Waals surface area contributed by atoms with Crippen molar-refractivity contribution in [1.82, 2.24) is 0 Å². The van der Waals surface area contributed by atoms with E-state index in [-0.39, 0.29) is 55.7 Å². The fraction of sp³-hybridized carbons (Fsp3) is 0.385. The van der Waals surface area contributed by atoms with Crippen LogP contribution in [-0.2, 0) is 52.1 Å². The normalized spacial score (nSPS) is 11.3. The summed E-state index contributed by atoms with van der Waals surface area (Å²) in [4.78, 5) is 22.9. The third-order valence-electron chi connectivity index (χ3n) is 2.96. The number of hydrogen-bond acceptors (Lipinski definition) is 5. The maximum Gasteiger partial charge on any atom is 3.00 e. The number of amides is 2. The molecule has 0 radical (unpaired) electrons. The van der Waals surface area contributed by atoms with Crippen LogP contribution in [0.25, 0.3) is 0 Å². The minimum absolute atomic E-state index is 0. The summed E-state index contributed by atoms with van der Waals surface area (Å²) in [6, 6.07) is 5.08. The number of benzene rings is 1. The second kappa shape index (κ2) is 7.52. The Bertz CT molecular complexity index is 686. The Balaban J connectivity index is 0.00000441. The van der Waals surface area contributed by atoms with Crippen molar-refractivity contribution in [3.8, 4) is 5.75 Å². The van der Waals surface area contributed by atoms with E-state index in [4.69, 9.17) is 0 Å². The van der Waals surface area contributed by atoms with E-state index in [2.05, 4.69) is 16.7 Å². The van der Waals surface area contributed by atoms with E-state index in [1.807, 2.05) is 0 Å². The number of aromatic hydroxyl groups is 1. The van der Waals surface area contributed by atoms with E-state index >= 15 is 0 Å². The van der Waals surface area contributed by atoms with Gasteiger partial charge in [0.1, 0.15) is 4.75 Å². The van der Waals surface area contributed by atoms with Crippen LogP contribution in [0, 0.1) is 6.07 Å². The Morgan fingerprint density at radius 1 is 1.27 bits per heavy atom. The van der Waals surface area contributed by atoms with Crippen molar-refractivity contribution in [1.29, 1.82) is 0 Å². The number of rotatable bonds is 4. The van der Waals surface area contributed by atoms with Gasteiger partial charge in [0.2, 0.25) is 11.8 Å². The first kappa shape index (κ1) is 21.0. The van der Waals surface area contributed by atoms with Crippen molar-refractivity contribution in [3.05, 3.63) is 18.2 Å². The second-order valence-corrected chi connectivity index (χ2v) is 7.63. The SMILES string of the molecule is CC(=O)Nc1c[c-]c(NC(=O)C(C)(C)S(C)(=O)=O)cc1O.[Y+3]. The summed E-state index contributed by atoms with van der Waals surface area (Å²) >= 11 is 0. The quantitative estimate of drug-likeness (QED) is 0.512. The monoisotopic (exact) mass is 402 g/mol. The largest absolute Gasteiger partial charge is 3.00 e. The van der Waals surface area contributed by atoms with Crippen LogP contribution in [0.5, 0.6) is 5.75 Å². The predicted molar refractivity (Wildman–Crippen MR) is 78.8 cm³/mol. The van der Waals surface area contributed by atoms with E-state index in [1.165, 1.54) is 32.9 Å². The number of anilines is 2. The number of carbonyl (C=O) groups is 2. The molecule has 22 heavy (non-hydrogen) atoms. The van der Waals surface area contributed by atoms with Crippen molar-refractivity contribution in [3.63, 3.8) is 0 Å². The third-order valence-corrected chi connectivity index (χ3v) is 5.00. The Hall–Kier alpha value is -0.986. The van der Waals surface area contributed by atoms with Crippen molar-refractivity contribution in [2.75, 3.05) is 16.9 Å². The molecule has 1 rings (SSSR count). The van der Waals surface area contributed by atoms with Gasteiger partial charge in [0.05, 0.1) is 0 Å². The molecule has 0 spiro atoms. The first-order valence-corrected chi connectivity index (χ1v) is 7.87. The van der Waals surface area contributed by atoms with Gasteiger partial charge in [-0.05, 0) is 19.5 Å². The molecule has 0 heterocycles. The molecule has 1 aromatic carbocycles. The number of carbonyl (C=O) groups excluding carboxylic acids is 2. The first-order valence-electron chi connectivity index (χ1n) is 5.98.